The van der Waals surface area contributed by atoms with Crippen LogP contribution in [0.25, 0.3) is 0 Å². The predicted octanol–water partition coefficient (Wildman–Crippen LogP) is 2.28. The first-order chi connectivity index (χ1) is 10.2. The summed E-state index contributed by atoms with van der Waals surface area (Å²) in [6, 6.07) is 8.35. The number of ether oxygens (including phenoxy) is 2. The number of hydrogen-bond acceptors (Lipinski definition) is 4. The van der Waals surface area contributed by atoms with Crippen LogP contribution in [-0.4, -0.2) is 49.9 Å². The van der Waals surface area contributed by atoms with Gasteiger partial charge in [-0.3, -0.25) is 4.90 Å². The molecule has 0 bridgehead atoms. The van der Waals surface area contributed by atoms with Gasteiger partial charge in [0.05, 0.1) is 12.2 Å². The van der Waals surface area contributed by atoms with Gasteiger partial charge in [-0.1, -0.05) is 19.1 Å². The Kier molecular flexibility index (Phi) is 6.49. The fraction of sp³-hybridized carbons (Fsp3) is 0.647. The van der Waals surface area contributed by atoms with Gasteiger partial charge in [0.1, 0.15) is 12.4 Å². The number of nitrogens with one attached hydrogen (secondary N) is 1. The van der Waals surface area contributed by atoms with E-state index in [0.717, 1.165) is 45.1 Å². The lowest BCUT2D eigenvalue weighted by molar-refractivity contribution is -0.0699. The van der Waals surface area contributed by atoms with Gasteiger partial charge < -0.3 is 14.8 Å². The average molecular weight is 292 g/mol. The number of morpholine rings is 1. The van der Waals surface area contributed by atoms with Crippen molar-refractivity contribution in [2.45, 2.75) is 39.5 Å². The number of nitrogens with zero attached hydrogens (tertiary/aromatic N) is 1. The molecule has 2 unspecified atom stereocenters. The molecule has 0 radical (unpaired) electrons. The minimum absolute atomic E-state index is 0.319. The van der Waals surface area contributed by atoms with E-state index in [1.807, 2.05) is 0 Å². The zero-order valence-corrected chi connectivity index (χ0v) is 13.5. The number of benzene rings is 1. The second-order valence-corrected chi connectivity index (χ2v) is 5.79. The molecule has 1 saturated heterocycles. The zero-order chi connectivity index (χ0) is 15.1. The molecule has 4 nitrogen and oxygen atoms in total. The predicted molar refractivity (Wildman–Crippen MR) is 85.8 cm³/mol. The molecule has 1 aromatic carbocycles. The Morgan fingerprint density at radius 2 is 1.86 bits per heavy atom. The van der Waals surface area contributed by atoms with Crippen LogP contribution in [0.2, 0.25) is 0 Å². The quantitative estimate of drug-likeness (QED) is 0.836. The highest BCUT2D eigenvalue weighted by atomic mass is 16.5. The van der Waals surface area contributed by atoms with Crippen LogP contribution < -0.4 is 10.1 Å². The van der Waals surface area contributed by atoms with Crippen LogP contribution in [0.3, 0.4) is 0 Å². The molecule has 1 aliphatic heterocycles. The van der Waals surface area contributed by atoms with Crippen LogP contribution in [0.15, 0.2) is 24.3 Å². The number of rotatable bonds is 7. The van der Waals surface area contributed by atoms with E-state index in [2.05, 4.69) is 55.3 Å². The summed E-state index contributed by atoms with van der Waals surface area (Å²) in [6.45, 7) is 12.0. The highest BCUT2D eigenvalue weighted by molar-refractivity contribution is 5.27. The maximum atomic E-state index is 5.84. The van der Waals surface area contributed by atoms with Crippen molar-refractivity contribution in [3.8, 4) is 5.75 Å². The normalized spacial score (nSPS) is 23.2. The third-order valence-electron chi connectivity index (χ3n) is 3.67. The first-order valence-electron chi connectivity index (χ1n) is 7.97. The molecule has 0 saturated carbocycles. The summed E-state index contributed by atoms with van der Waals surface area (Å²) in [5, 5.41) is 3.32. The van der Waals surface area contributed by atoms with Crippen LogP contribution in [-0.2, 0) is 11.3 Å². The Bertz CT molecular complexity index is 398. The van der Waals surface area contributed by atoms with Crippen molar-refractivity contribution < 1.29 is 9.47 Å². The van der Waals surface area contributed by atoms with E-state index in [1.165, 1.54) is 5.56 Å². The topological polar surface area (TPSA) is 33.7 Å². The number of hydrogen-bond donors (Lipinski definition) is 1. The lowest BCUT2D eigenvalue weighted by Gasteiger charge is -2.35. The summed E-state index contributed by atoms with van der Waals surface area (Å²) in [5.74, 6) is 0.949. The Balaban J connectivity index is 1.70. The third kappa shape index (κ3) is 5.65. The molecule has 4 heteroatoms. The summed E-state index contributed by atoms with van der Waals surface area (Å²) in [5.41, 5.74) is 1.29. The highest BCUT2D eigenvalue weighted by Gasteiger charge is 2.21. The Morgan fingerprint density at radius 3 is 2.48 bits per heavy atom. The Labute approximate surface area is 128 Å². The second-order valence-electron chi connectivity index (χ2n) is 5.79. The van der Waals surface area contributed by atoms with E-state index >= 15 is 0 Å². The smallest absolute Gasteiger partial charge is 0.119 e. The zero-order valence-electron chi connectivity index (χ0n) is 13.5. The van der Waals surface area contributed by atoms with E-state index in [1.54, 1.807) is 0 Å². The van der Waals surface area contributed by atoms with E-state index in [0.29, 0.717) is 12.2 Å². The minimum atomic E-state index is 0.319. The van der Waals surface area contributed by atoms with E-state index in [9.17, 15) is 0 Å². The van der Waals surface area contributed by atoms with Crippen molar-refractivity contribution in [2.75, 3.05) is 32.8 Å². The fourth-order valence-electron chi connectivity index (χ4n) is 2.73. The van der Waals surface area contributed by atoms with Crippen molar-refractivity contribution in [1.29, 1.82) is 0 Å². The summed E-state index contributed by atoms with van der Waals surface area (Å²) >= 11 is 0. The first-order valence-corrected chi connectivity index (χ1v) is 7.97. The molecular weight excluding hydrogens is 264 g/mol. The van der Waals surface area contributed by atoms with Gasteiger partial charge >= 0.3 is 0 Å². The monoisotopic (exact) mass is 292 g/mol. The molecule has 1 N–H and O–H groups in total. The molecule has 21 heavy (non-hydrogen) atoms. The minimum Gasteiger partial charge on any atom is -0.492 e. The summed E-state index contributed by atoms with van der Waals surface area (Å²) in [4.78, 5) is 2.42. The molecule has 0 spiro atoms. The van der Waals surface area contributed by atoms with Crippen molar-refractivity contribution in [1.82, 2.24) is 10.2 Å². The van der Waals surface area contributed by atoms with Gasteiger partial charge in [0, 0.05) is 26.2 Å². The van der Waals surface area contributed by atoms with Crippen LogP contribution in [0.5, 0.6) is 5.75 Å². The van der Waals surface area contributed by atoms with Gasteiger partial charge in [-0.25, -0.2) is 0 Å². The molecule has 0 amide bonds. The van der Waals surface area contributed by atoms with Crippen LogP contribution in [0.1, 0.15) is 26.3 Å². The largest absolute Gasteiger partial charge is 0.492 e. The molecular formula is C17H28N2O2. The van der Waals surface area contributed by atoms with Crippen molar-refractivity contribution in [3.05, 3.63) is 29.8 Å². The molecule has 1 fully saturated rings. The second kappa shape index (κ2) is 8.37. The van der Waals surface area contributed by atoms with Crippen LogP contribution in [0, 0.1) is 0 Å². The lowest BCUT2D eigenvalue weighted by atomic mass is 10.2. The molecule has 2 atom stereocenters. The SMILES string of the molecule is CCNCc1ccc(OCCN2CC(C)OC(C)C2)cc1. The summed E-state index contributed by atoms with van der Waals surface area (Å²) in [7, 11) is 0. The molecule has 0 aliphatic carbocycles. The average Bonchev–Trinajstić information content (AvgIpc) is 2.45. The van der Waals surface area contributed by atoms with Crippen molar-refractivity contribution in [2.24, 2.45) is 0 Å². The van der Waals surface area contributed by atoms with E-state index < -0.39 is 0 Å². The summed E-state index contributed by atoms with van der Waals surface area (Å²) < 4.78 is 11.6. The van der Waals surface area contributed by atoms with E-state index in [4.69, 9.17) is 9.47 Å². The maximum absolute atomic E-state index is 5.84. The summed E-state index contributed by atoms with van der Waals surface area (Å²) in [6.07, 6.45) is 0.637. The molecule has 118 valence electrons. The first kappa shape index (κ1) is 16.3. The highest BCUT2D eigenvalue weighted by Crippen LogP contribution is 2.13. The Hall–Kier alpha value is -1.10. The van der Waals surface area contributed by atoms with Crippen LogP contribution >= 0.6 is 0 Å². The van der Waals surface area contributed by atoms with Crippen molar-refractivity contribution >= 4 is 0 Å². The lowest BCUT2D eigenvalue weighted by Crippen LogP contribution is -2.46. The molecule has 2 rings (SSSR count). The van der Waals surface area contributed by atoms with Crippen LogP contribution in [0.4, 0.5) is 0 Å². The fourth-order valence-corrected chi connectivity index (χ4v) is 2.73. The molecule has 0 aromatic heterocycles. The Morgan fingerprint density at radius 1 is 1.19 bits per heavy atom. The maximum Gasteiger partial charge on any atom is 0.119 e. The molecule has 1 aromatic rings. The van der Waals surface area contributed by atoms with Gasteiger partial charge in [0.2, 0.25) is 0 Å². The van der Waals surface area contributed by atoms with Crippen molar-refractivity contribution in [3.63, 3.8) is 0 Å². The van der Waals surface area contributed by atoms with Gasteiger partial charge in [-0.2, -0.15) is 0 Å². The van der Waals surface area contributed by atoms with E-state index in [-0.39, 0.29) is 0 Å². The molecule has 1 aliphatic rings. The van der Waals surface area contributed by atoms with Gasteiger partial charge in [0.15, 0.2) is 0 Å². The van der Waals surface area contributed by atoms with Gasteiger partial charge in [-0.15, -0.1) is 0 Å². The molecule has 1 heterocycles. The van der Waals surface area contributed by atoms with Gasteiger partial charge in [-0.05, 0) is 38.1 Å². The van der Waals surface area contributed by atoms with Gasteiger partial charge in [0.25, 0.3) is 0 Å². The standard InChI is InChI=1S/C17H28N2O2/c1-4-18-11-16-5-7-17(8-6-16)20-10-9-19-12-14(2)21-15(3)13-19/h5-8,14-15,18H,4,9-13H2,1-3H3. The third-order valence-corrected chi connectivity index (χ3v) is 3.67.